The van der Waals surface area contributed by atoms with E-state index in [1.165, 1.54) is 14.2 Å². The zero-order valence-corrected chi connectivity index (χ0v) is 19.8. The maximum absolute atomic E-state index is 11.6. The molecule has 0 radical (unpaired) electrons. The van der Waals surface area contributed by atoms with Gasteiger partial charge in [-0.05, 0) is 0 Å². The third-order valence-corrected chi connectivity index (χ3v) is 9.95. The molecule has 1 unspecified atom stereocenters. The third kappa shape index (κ3) is 4.68. The Bertz CT molecular complexity index is 938. The van der Waals surface area contributed by atoms with Crippen LogP contribution < -0.4 is 21.0 Å². The van der Waals surface area contributed by atoms with E-state index in [-0.39, 0.29) is 6.54 Å². The minimum atomic E-state index is -2.52. The molecule has 0 aliphatic rings. The Hall–Kier alpha value is -2.24. The summed E-state index contributed by atoms with van der Waals surface area (Å²) in [7, 11) is 0.298. The van der Waals surface area contributed by atoms with E-state index in [0.29, 0.717) is 0 Å². The van der Waals surface area contributed by atoms with Crippen LogP contribution in [0.25, 0.3) is 0 Å². The monoisotopic (exact) mass is 500 g/mol. The Balaban J connectivity index is 2.34. The highest BCUT2D eigenvalue weighted by molar-refractivity contribution is 9.10. The second-order valence-corrected chi connectivity index (χ2v) is 10.9. The Morgan fingerprint density at radius 3 is 1.52 bits per heavy atom. The number of rotatable bonds is 9. The van der Waals surface area contributed by atoms with Crippen molar-refractivity contribution < 1.29 is 19.4 Å². The van der Waals surface area contributed by atoms with E-state index >= 15 is 0 Å². The number of benzene rings is 3. The topological polar surface area (TPSA) is 71.0 Å². The lowest BCUT2D eigenvalue weighted by atomic mass is 10.2. The molecular formula is C24H24BrNO4P-. The molecule has 3 aromatic rings. The number of carboxylic acid groups (broad SMARTS) is 1. The van der Waals surface area contributed by atoms with Gasteiger partial charge in [0.05, 0.1) is 19.6 Å². The average molecular weight is 501 g/mol. The van der Waals surface area contributed by atoms with Crippen LogP contribution in [0.5, 0.6) is 0 Å². The Kier molecular flexibility index (Phi) is 7.84. The number of alkyl halides is 1. The molecule has 0 amide bonds. The number of methoxy groups -OCH3 is 2. The number of ether oxygens (including phenoxy) is 2. The van der Waals surface area contributed by atoms with Crippen molar-refractivity contribution in [2.75, 3.05) is 20.8 Å². The molecule has 0 bridgehead atoms. The van der Waals surface area contributed by atoms with E-state index in [1.54, 1.807) is 0 Å². The lowest BCUT2D eigenvalue weighted by molar-refractivity contribution is -0.315. The average Bonchev–Trinajstić information content (AvgIpc) is 2.84. The van der Waals surface area contributed by atoms with Crippen molar-refractivity contribution in [1.82, 2.24) is 0 Å². The molecule has 0 heterocycles. The molecule has 3 rings (SSSR count). The summed E-state index contributed by atoms with van der Waals surface area (Å²) in [5.41, 5.74) is 0. The summed E-state index contributed by atoms with van der Waals surface area (Å²) in [6.07, 6.45) is 0. The van der Waals surface area contributed by atoms with Gasteiger partial charge in [0, 0.05) is 30.1 Å². The normalized spacial score (nSPS) is 12.9. The van der Waals surface area contributed by atoms with Crippen molar-refractivity contribution in [2.45, 2.75) is 10.6 Å². The smallest absolute Gasteiger partial charge is 0.205 e. The van der Waals surface area contributed by atoms with E-state index in [2.05, 4.69) is 52.3 Å². The van der Waals surface area contributed by atoms with Crippen LogP contribution in [0.4, 0.5) is 0 Å². The van der Waals surface area contributed by atoms with Crippen molar-refractivity contribution in [3.63, 3.8) is 0 Å². The van der Waals surface area contributed by atoms with Gasteiger partial charge in [-0.25, -0.2) is 0 Å². The highest BCUT2D eigenvalue weighted by atomic mass is 79.9. The summed E-state index contributed by atoms with van der Waals surface area (Å²) in [4.78, 5) is 10.4. The van der Waals surface area contributed by atoms with Gasteiger partial charge >= 0.3 is 0 Å². The molecule has 0 saturated heterocycles. The van der Waals surface area contributed by atoms with Gasteiger partial charge in [0.1, 0.15) is 4.83 Å². The summed E-state index contributed by atoms with van der Waals surface area (Å²) in [6, 6.07) is 30.2. The van der Waals surface area contributed by atoms with Crippen molar-refractivity contribution in [3.05, 3.63) is 91.0 Å². The van der Waals surface area contributed by atoms with Gasteiger partial charge in [0.2, 0.25) is 5.79 Å². The van der Waals surface area contributed by atoms with Crippen molar-refractivity contribution in [2.24, 2.45) is 4.74 Å². The van der Waals surface area contributed by atoms with Gasteiger partial charge in [0.15, 0.2) is 0 Å². The fourth-order valence-electron chi connectivity index (χ4n) is 3.51. The summed E-state index contributed by atoms with van der Waals surface area (Å²) in [5, 5.41) is 14.8. The van der Waals surface area contributed by atoms with Crippen molar-refractivity contribution in [3.8, 4) is 0 Å². The number of aliphatic carboxylic acids is 1. The Morgan fingerprint density at radius 2 is 1.23 bits per heavy atom. The zero-order valence-electron chi connectivity index (χ0n) is 17.4. The first-order valence-electron chi connectivity index (χ1n) is 9.70. The quantitative estimate of drug-likeness (QED) is 0.257. The van der Waals surface area contributed by atoms with E-state index in [1.807, 2.05) is 54.6 Å². The van der Waals surface area contributed by atoms with Crippen LogP contribution >= 0.6 is 23.0 Å². The molecule has 0 saturated carbocycles. The van der Waals surface area contributed by atoms with Gasteiger partial charge in [-0.1, -0.05) is 107 Å². The standard InChI is InChI=1S/C24H25BrNO4P/c1-29-24(30-2,22(25)23(27)28)18-26-31(19-12-6-3-7-13-19,20-14-8-4-9-15-20)21-16-10-5-11-17-21/h3-17,22H,18H2,1-2H3,(H,27,28)/p-1. The summed E-state index contributed by atoms with van der Waals surface area (Å²) < 4.78 is 16.3. The third-order valence-electron chi connectivity index (χ3n) is 5.18. The Labute approximate surface area is 191 Å². The van der Waals surface area contributed by atoms with Crippen LogP contribution in [0.15, 0.2) is 95.7 Å². The SMILES string of the molecule is COC(CN=P(c1ccccc1)(c1ccccc1)c1ccccc1)(OC)C(Br)C(=O)[O-]. The van der Waals surface area contributed by atoms with E-state index in [4.69, 9.17) is 14.2 Å². The van der Waals surface area contributed by atoms with Crippen LogP contribution in [0.2, 0.25) is 0 Å². The number of nitrogens with zero attached hydrogens (tertiary/aromatic N) is 1. The lowest BCUT2D eigenvalue weighted by Crippen LogP contribution is -2.53. The molecule has 1 atom stereocenters. The summed E-state index contributed by atoms with van der Waals surface area (Å²) in [5.74, 6) is -2.86. The first-order valence-corrected chi connectivity index (χ1v) is 12.4. The first-order chi connectivity index (χ1) is 15.0. The van der Waals surface area contributed by atoms with E-state index in [9.17, 15) is 9.90 Å². The molecular weight excluding hydrogens is 477 g/mol. The minimum absolute atomic E-state index is 0.0175. The molecule has 31 heavy (non-hydrogen) atoms. The maximum Gasteiger partial charge on any atom is 0.205 e. The van der Waals surface area contributed by atoms with Crippen molar-refractivity contribution >= 4 is 44.9 Å². The molecule has 0 spiro atoms. The lowest BCUT2D eigenvalue weighted by Gasteiger charge is -2.36. The van der Waals surface area contributed by atoms with Crippen LogP contribution in [-0.2, 0) is 14.3 Å². The molecule has 0 aliphatic heterocycles. The van der Waals surface area contributed by atoms with Crippen LogP contribution in [-0.4, -0.2) is 37.3 Å². The fourth-order valence-corrected chi connectivity index (χ4v) is 7.63. The van der Waals surface area contributed by atoms with E-state index in [0.717, 1.165) is 15.9 Å². The predicted octanol–water partition coefficient (Wildman–Crippen LogP) is 2.67. The van der Waals surface area contributed by atoms with Crippen LogP contribution in [0.1, 0.15) is 0 Å². The second-order valence-electron chi connectivity index (χ2n) is 6.84. The molecule has 162 valence electrons. The molecule has 3 aromatic carbocycles. The number of hydrogen-bond acceptors (Lipinski definition) is 5. The molecule has 0 aromatic heterocycles. The van der Waals surface area contributed by atoms with Gasteiger partial charge in [-0.15, -0.1) is 0 Å². The van der Waals surface area contributed by atoms with Crippen molar-refractivity contribution in [1.29, 1.82) is 0 Å². The van der Waals surface area contributed by atoms with E-state index < -0.39 is 23.6 Å². The second kappa shape index (κ2) is 10.4. The molecule has 7 heteroatoms. The van der Waals surface area contributed by atoms with Crippen LogP contribution in [0.3, 0.4) is 0 Å². The van der Waals surface area contributed by atoms with Gasteiger partial charge in [-0.2, -0.15) is 0 Å². The predicted molar refractivity (Wildman–Crippen MR) is 127 cm³/mol. The number of carboxylic acids is 1. The highest BCUT2D eigenvalue weighted by Gasteiger charge is 2.40. The zero-order chi connectivity index (χ0) is 22.3. The van der Waals surface area contributed by atoms with Gasteiger partial charge in [-0.3, -0.25) is 4.74 Å². The molecule has 0 fully saturated rings. The maximum atomic E-state index is 11.6. The molecule has 0 aliphatic carbocycles. The fraction of sp³-hybridized carbons (Fsp3) is 0.208. The summed E-state index contributed by atoms with van der Waals surface area (Å²) >= 11 is 3.16. The highest BCUT2D eigenvalue weighted by Crippen LogP contribution is 2.47. The Morgan fingerprint density at radius 1 is 0.871 bits per heavy atom. The molecule has 5 nitrogen and oxygen atoms in total. The number of carbonyl (C=O) groups excluding carboxylic acids is 1. The summed E-state index contributed by atoms with van der Waals surface area (Å²) in [6.45, 7) is -0.0175. The number of hydrogen-bond donors (Lipinski definition) is 0. The number of carbonyl (C=O) groups is 1. The first kappa shape index (κ1) is 23.4. The van der Waals surface area contributed by atoms with Gasteiger partial charge < -0.3 is 19.4 Å². The largest absolute Gasteiger partial charge is 0.549 e. The molecule has 0 N–H and O–H groups in total. The number of halogens is 1. The minimum Gasteiger partial charge on any atom is -0.549 e. The van der Waals surface area contributed by atoms with Crippen LogP contribution in [0, 0.1) is 0 Å². The van der Waals surface area contributed by atoms with Gasteiger partial charge in [0.25, 0.3) is 0 Å².